The lowest BCUT2D eigenvalue weighted by Crippen LogP contribution is -2.47. The van der Waals surface area contributed by atoms with Gasteiger partial charge in [-0.05, 0) is 55.1 Å². The number of fused-ring (bicyclic) bond motifs is 1. The van der Waals surface area contributed by atoms with E-state index in [1.54, 1.807) is 28.4 Å². The van der Waals surface area contributed by atoms with Crippen molar-refractivity contribution in [2.45, 2.75) is 24.2 Å². The fourth-order valence-electron chi connectivity index (χ4n) is 3.77. The normalized spacial score (nSPS) is 18.8. The van der Waals surface area contributed by atoms with E-state index in [2.05, 4.69) is 23.1 Å². The smallest absolute Gasteiger partial charge is 0.229 e. The topological polar surface area (TPSA) is 56.6 Å². The quantitative estimate of drug-likeness (QED) is 0.612. The molecule has 1 saturated heterocycles. The summed E-state index contributed by atoms with van der Waals surface area (Å²) >= 11 is 3.24. The van der Waals surface area contributed by atoms with Crippen LogP contribution in [0.2, 0.25) is 0 Å². The molecule has 1 atom stereocenters. The van der Waals surface area contributed by atoms with Gasteiger partial charge in [-0.2, -0.15) is 5.26 Å². The molecule has 0 aromatic heterocycles. The Bertz CT molecular complexity index is 997. The van der Waals surface area contributed by atoms with E-state index in [4.69, 9.17) is 4.74 Å². The van der Waals surface area contributed by atoms with E-state index in [1.807, 2.05) is 49.6 Å². The Labute approximate surface area is 185 Å². The number of benzene rings is 2. The summed E-state index contributed by atoms with van der Waals surface area (Å²) in [6, 6.07) is 18.5. The lowest BCUT2D eigenvalue weighted by Gasteiger charge is -2.42. The van der Waals surface area contributed by atoms with Crippen LogP contribution in [0, 0.1) is 11.3 Å². The third kappa shape index (κ3) is 4.03. The molecule has 1 fully saturated rings. The van der Waals surface area contributed by atoms with Crippen LogP contribution in [0.5, 0.6) is 5.75 Å². The molecule has 0 N–H and O–H groups in total. The van der Waals surface area contributed by atoms with Gasteiger partial charge in [-0.25, -0.2) is 0 Å². The standard InChI is InChI=1S/C23H23N3O2S2/c1-3-28-18-8-6-17(7-9-18)25-14-26-22(27)12-20(21(13-24)23(26)30-15-25)16-4-10-19(29-2)11-5-16/h4-11,20H,3,12,14-15H2,1-2H3/t20-/m1/s1. The number of nitriles is 1. The lowest BCUT2D eigenvalue weighted by atomic mass is 9.86. The van der Waals surface area contributed by atoms with Gasteiger partial charge in [-0.15, -0.1) is 11.8 Å². The van der Waals surface area contributed by atoms with Gasteiger partial charge in [-0.3, -0.25) is 9.69 Å². The molecule has 1 amide bonds. The maximum absolute atomic E-state index is 13.0. The fourth-order valence-corrected chi connectivity index (χ4v) is 5.34. The maximum atomic E-state index is 13.0. The van der Waals surface area contributed by atoms with Crippen molar-refractivity contribution >= 4 is 35.1 Å². The van der Waals surface area contributed by atoms with Crippen LogP contribution in [0.25, 0.3) is 0 Å². The van der Waals surface area contributed by atoms with Crippen LogP contribution < -0.4 is 9.64 Å². The lowest BCUT2D eigenvalue weighted by molar-refractivity contribution is -0.129. The molecule has 4 rings (SSSR count). The Kier molecular flexibility index (Phi) is 6.26. The number of thioether (sulfide) groups is 2. The molecular weight excluding hydrogens is 414 g/mol. The number of hydrogen-bond acceptors (Lipinski definition) is 6. The van der Waals surface area contributed by atoms with Crippen LogP contribution in [-0.4, -0.2) is 36.2 Å². The second-order valence-corrected chi connectivity index (χ2v) is 8.88. The predicted octanol–water partition coefficient (Wildman–Crippen LogP) is 5.03. The molecule has 0 radical (unpaired) electrons. The molecule has 0 saturated carbocycles. The van der Waals surface area contributed by atoms with Gasteiger partial charge in [-0.1, -0.05) is 23.9 Å². The minimum Gasteiger partial charge on any atom is -0.494 e. The zero-order valence-corrected chi connectivity index (χ0v) is 18.6. The second-order valence-electron chi connectivity index (χ2n) is 7.06. The van der Waals surface area contributed by atoms with Crippen molar-refractivity contribution < 1.29 is 9.53 Å². The van der Waals surface area contributed by atoms with Gasteiger partial charge >= 0.3 is 0 Å². The Balaban J connectivity index is 1.58. The molecule has 2 aromatic carbocycles. The Hall–Kier alpha value is -2.56. The summed E-state index contributed by atoms with van der Waals surface area (Å²) in [5, 5.41) is 10.7. The van der Waals surface area contributed by atoms with E-state index in [9.17, 15) is 10.1 Å². The average molecular weight is 438 g/mol. The highest BCUT2D eigenvalue weighted by molar-refractivity contribution is 8.03. The number of allylic oxidation sites excluding steroid dienone is 1. The van der Waals surface area contributed by atoms with Gasteiger partial charge in [0.15, 0.2) is 0 Å². The molecule has 2 aromatic rings. The first-order chi connectivity index (χ1) is 14.6. The Morgan fingerprint density at radius 2 is 1.93 bits per heavy atom. The number of hydrogen-bond donors (Lipinski definition) is 0. The molecule has 2 aliphatic heterocycles. The molecule has 0 aliphatic carbocycles. The van der Waals surface area contributed by atoms with E-state index in [0.29, 0.717) is 31.1 Å². The highest BCUT2D eigenvalue weighted by Gasteiger charge is 2.38. The zero-order chi connectivity index (χ0) is 21.1. The summed E-state index contributed by atoms with van der Waals surface area (Å²) in [6.45, 7) is 3.05. The van der Waals surface area contributed by atoms with Crippen molar-refractivity contribution in [1.29, 1.82) is 5.26 Å². The number of anilines is 1. The summed E-state index contributed by atoms with van der Waals surface area (Å²) in [5.74, 6) is 1.42. The molecule has 2 aliphatic rings. The van der Waals surface area contributed by atoms with Crippen LogP contribution in [0.1, 0.15) is 24.8 Å². The van der Waals surface area contributed by atoms with Gasteiger partial charge in [0.2, 0.25) is 5.91 Å². The minimum absolute atomic E-state index is 0.0612. The summed E-state index contributed by atoms with van der Waals surface area (Å²) in [7, 11) is 0. The van der Waals surface area contributed by atoms with Crippen molar-refractivity contribution in [2.75, 3.05) is 30.3 Å². The van der Waals surface area contributed by atoms with Gasteiger partial charge in [0.25, 0.3) is 0 Å². The predicted molar refractivity (Wildman–Crippen MR) is 122 cm³/mol. The van der Waals surface area contributed by atoms with Gasteiger partial charge in [0.1, 0.15) is 5.75 Å². The van der Waals surface area contributed by atoms with Crippen LogP contribution in [0.3, 0.4) is 0 Å². The van der Waals surface area contributed by atoms with E-state index < -0.39 is 0 Å². The van der Waals surface area contributed by atoms with Crippen molar-refractivity contribution in [1.82, 2.24) is 4.90 Å². The molecule has 0 spiro atoms. The molecule has 2 heterocycles. The largest absolute Gasteiger partial charge is 0.494 e. The monoisotopic (exact) mass is 437 g/mol. The number of nitrogens with zero attached hydrogens (tertiary/aromatic N) is 3. The summed E-state index contributed by atoms with van der Waals surface area (Å²) in [4.78, 5) is 18.1. The number of carbonyl (C=O) groups is 1. The molecule has 0 unspecified atom stereocenters. The maximum Gasteiger partial charge on any atom is 0.229 e. The van der Waals surface area contributed by atoms with Crippen LogP contribution in [-0.2, 0) is 4.79 Å². The van der Waals surface area contributed by atoms with Crippen LogP contribution in [0.4, 0.5) is 5.69 Å². The summed E-state index contributed by atoms with van der Waals surface area (Å²) < 4.78 is 5.51. The van der Waals surface area contributed by atoms with Crippen molar-refractivity contribution in [2.24, 2.45) is 0 Å². The first-order valence-corrected chi connectivity index (χ1v) is 12.0. The molecule has 7 heteroatoms. The number of carbonyl (C=O) groups excluding carboxylic acids is 1. The number of ether oxygens (including phenoxy) is 1. The second kappa shape index (κ2) is 9.07. The van der Waals surface area contributed by atoms with E-state index in [-0.39, 0.29) is 11.8 Å². The van der Waals surface area contributed by atoms with E-state index in [0.717, 1.165) is 22.0 Å². The van der Waals surface area contributed by atoms with Crippen molar-refractivity contribution in [3.63, 3.8) is 0 Å². The van der Waals surface area contributed by atoms with Crippen molar-refractivity contribution in [3.8, 4) is 11.8 Å². The van der Waals surface area contributed by atoms with Gasteiger partial charge in [0.05, 0.1) is 35.8 Å². The number of amides is 1. The van der Waals surface area contributed by atoms with Crippen molar-refractivity contribution in [3.05, 3.63) is 64.7 Å². The van der Waals surface area contributed by atoms with Gasteiger partial charge in [0, 0.05) is 22.9 Å². The van der Waals surface area contributed by atoms with E-state index in [1.165, 1.54) is 4.90 Å². The summed E-state index contributed by atoms with van der Waals surface area (Å²) in [5.41, 5.74) is 2.76. The van der Waals surface area contributed by atoms with Gasteiger partial charge < -0.3 is 9.64 Å². The van der Waals surface area contributed by atoms with Crippen LogP contribution >= 0.6 is 23.5 Å². The minimum atomic E-state index is -0.172. The molecule has 30 heavy (non-hydrogen) atoms. The van der Waals surface area contributed by atoms with E-state index >= 15 is 0 Å². The highest BCUT2D eigenvalue weighted by atomic mass is 32.2. The molecular formula is C23H23N3O2S2. The zero-order valence-electron chi connectivity index (χ0n) is 17.0. The summed E-state index contributed by atoms with van der Waals surface area (Å²) in [6.07, 6.45) is 2.36. The third-order valence-electron chi connectivity index (χ3n) is 5.32. The Morgan fingerprint density at radius 3 is 2.57 bits per heavy atom. The third-order valence-corrected chi connectivity index (χ3v) is 7.22. The average Bonchev–Trinajstić information content (AvgIpc) is 2.79. The SMILES string of the molecule is CCOc1ccc(N2CSC3=C(C#N)[C@@H](c4ccc(SC)cc4)CC(=O)N3C2)cc1. The molecule has 0 bridgehead atoms. The first kappa shape index (κ1) is 20.7. The van der Waals surface area contributed by atoms with Crippen LogP contribution in [0.15, 0.2) is 64.0 Å². The fraction of sp³-hybridized carbons (Fsp3) is 0.304. The molecule has 154 valence electrons. The Morgan fingerprint density at radius 1 is 1.20 bits per heavy atom. The highest BCUT2D eigenvalue weighted by Crippen LogP contribution is 2.43. The number of rotatable bonds is 5. The first-order valence-electron chi connectivity index (χ1n) is 9.83. The molecule has 5 nitrogen and oxygen atoms in total.